The molecule has 0 fully saturated rings. The van der Waals surface area contributed by atoms with Gasteiger partial charge in [0, 0.05) is 23.8 Å². The van der Waals surface area contributed by atoms with Crippen molar-refractivity contribution in [3.8, 4) is 5.75 Å². The lowest BCUT2D eigenvalue weighted by molar-refractivity contribution is -0.150. The van der Waals surface area contributed by atoms with Gasteiger partial charge in [-0.05, 0) is 169 Å². The van der Waals surface area contributed by atoms with Gasteiger partial charge < -0.3 is 63.6 Å². The van der Waals surface area contributed by atoms with E-state index in [0.717, 1.165) is 136 Å². The van der Waals surface area contributed by atoms with Crippen molar-refractivity contribution in [3.63, 3.8) is 0 Å². The van der Waals surface area contributed by atoms with Crippen LogP contribution in [0.25, 0.3) is 22.3 Å². The van der Waals surface area contributed by atoms with Crippen LogP contribution in [0, 0.1) is 27.7 Å². The van der Waals surface area contributed by atoms with Crippen molar-refractivity contribution < 1.29 is 90.9 Å². The number of ketones is 1. The fraction of sp³-hybridized carbons (Fsp3) is 0.659. The number of carboxylic acid groups (broad SMARTS) is 2. The minimum absolute atomic E-state index is 0.0520. The summed E-state index contributed by atoms with van der Waals surface area (Å²) >= 11 is 0. The lowest BCUT2D eigenvalue weighted by Gasteiger charge is -2.35. The van der Waals surface area contributed by atoms with Crippen molar-refractivity contribution in [1.82, 2.24) is 59.4 Å². The average Bonchev–Trinajstić information content (AvgIpc) is 1.36. The average molecular weight is 1760 g/mol. The number of hydrogen-bond donors (Lipinski definition) is 8. The molecule has 0 spiro atoms. The van der Waals surface area contributed by atoms with Gasteiger partial charge in [-0.15, -0.1) is 0 Å². The summed E-state index contributed by atoms with van der Waals surface area (Å²) in [7, 11) is -7.64. The van der Waals surface area contributed by atoms with E-state index in [1.807, 2.05) is 60.6 Å². The second-order valence-corrected chi connectivity index (χ2v) is 39.8. The first kappa shape index (κ1) is 107. The number of nitrogens with one attached hydrogen (secondary N) is 5. The molecule has 9 N–H and O–H groups in total. The predicted octanol–water partition coefficient (Wildman–Crippen LogP) is 16.5. The summed E-state index contributed by atoms with van der Waals surface area (Å²) in [5, 5.41) is 32.5. The lowest BCUT2D eigenvalue weighted by Crippen LogP contribution is -2.54. The van der Waals surface area contributed by atoms with Crippen molar-refractivity contribution in [1.29, 1.82) is 0 Å². The number of unbranched alkanes of at least 4 members (excludes halogenated alkanes) is 12. The number of rotatable bonds is 52. The zero-order valence-electron chi connectivity index (χ0n) is 77.2. The zero-order chi connectivity index (χ0) is 92.5. The van der Waals surface area contributed by atoms with E-state index in [2.05, 4.69) is 89.3 Å². The number of aliphatic carboxylic acids is 1. The number of carbonyl (C=O) groups is 8. The van der Waals surface area contributed by atoms with Crippen LogP contribution in [0.3, 0.4) is 0 Å². The first-order valence-corrected chi connectivity index (χ1v) is 46.7. The molecule has 0 bridgehead atoms. The highest BCUT2D eigenvalue weighted by Crippen LogP contribution is 2.45. The monoisotopic (exact) mass is 1760 g/mol. The van der Waals surface area contributed by atoms with Crippen molar-refractivity contribution in [3.05, 3.63) is 88.5 Å². The SMILES string of the molecule is CCCCCCOC(=O)C(C)(C)NP(=O)(CO[C@H](C)Cn1cnc2c(N)ncnc21)NC(C)(C)C(=O)OCCCCCC.CCCCCCOC(=O)C(C)(C)NP(=O)(CO[C@H](C)Cn1cnc2c(NC(=O)CC(C)(C)c3c(C)cc(C)cc3CC(C)=O)ncnc21)NC(C)(C)C(=O)OCCCCCC.Cc1cc(C)c(C(C)(C)CC(=O)O)c(OC(=O)O)c1. The first-order chi connectivity index (χ1) is 57.4. The maximum Gasteiger partial charge on any atom is 0.511 e. The highest BCUT2D eigenvalue weighted by molar-refractivity contribution is 7.60. The number of carbonyl (C=O) groups excluding carboxylic acids is 6. The van der Waals surface area contributed by atoms with Crippen LogP contribution in [0.4, 0.5) is 16.4 Å². The van der Waals surface area contributed by atoms with Crippen LogP contribution in [-0.4, -0.2) is 170 Å². The van der Waals surface area contributed by atoms with Crippen LogP contribution in [0.1, 0.15) is 286 Å². The van der Waals surface area contributed by atoms with E-state index in [0.29, 0.717) is 34.4 Å². The number of hydrogen-bond acceptors (Lipinski definition) is 24. The Balaban J connectivity index is 0.000000441. The third-order valence-electron chi connectivity index (χ3n) is 20.1. The Morgan fingerprint density at radius 1 is 0.480 bits per heavy atom. The summed E-state index contributed by atoms with van der Waals surface area (Å²) in [5.41, 5.74) is 7.25. The fourth-order valence-electron chi connectivity index (χ4n) is 14.5. The number of nitrogens with zero attached hydrogens (tertiary/aromatic N) is 8. The van der Waals surface area contributed by atoms with Gasteiger partial charge in [-0.1, -0.05) is 156 Å². The molecule has 4 aromatic heterocycles. The number of benzene rings is 2. The van der Waals surface area contributed by atoms with Crippen LogP contribution in [0.2, 0.25) is 0 Å². The molecule has 4 heterocycles. The molecular weight excluding hydrogens is 1620 g/mol. The third-order valence-corrected chi connectivity index (χ3v) is 24.8. The Morgan fingerprint density at radius 3 is 1.23 bits per heavy atom. The maximum atomic E-state index is 14.8. The fourth-order valence-corrected chi connectivity index (χ4v) is 19.7. The maximum absolute atomic E-state index is 14.8. The summed E-state index contributed by atoms with van der Waals surface area (Å²) in [5.74, 6) is -2.67. The molecule has 0 aliphatic rings. The van der Waals surface area contributed by atoms with Crippen LogP contribution in [0.5, 0.6) is 5.75 Å². The molecule has 2 atom stereocenters. The second-order valence-electron chi connectivity index (χ2n) is 35.4. The molecular formula is C88H142N14O19P2. The molecule has 6 aromatic rings. The highest BCUT2D eigenvalue weighted by Gasteiger charge is 2.46. The molecule has 6 rings (SSSR count). The summed E-state index contributed by atoms with van der Waals surface area (Å²) < 4.78 is 71.9. The summed E-state index contributed by atoms with van der Waals surface area (Å²) in [4.78, 5) is 126. The minimum Gasteiger partial charge on any atom is -0.481 e. The Kier molecular flexibility index (Phi) is 42.7. The lowest BCUT2D eigenvalue weighted by atomic mass is 9.75. The first-order valence-electron chi connectivity index (χ1n) is 42.9. The Bertz CT molecular complexity index is 4490. The Morgan fingerprint density at radius 2 is 0.846 bits per heavy atom. The standard InChI is InChI=1S/C45H72N7O8P.C29H52N7O6P.C14H18O5/c1-13-15-17-19-21-58-41(55)44(9,10)50-61(57,51-45(11,12)42(56)59-22-20-18-16-14-2)30-60-34(6)27-52-29-48-38-39(46-28-47-40(38)52)49-36(54)26-43(7,8)37-32(4)23-31(3)24-35(37)25-33(5)53;1-8-10-12-14-16-40-26(37)28(4,5)34-43(39,35-29(6,7)27(38)41-17-15-13-11-9-2)21-42-22(3)18-36-20-33-23-24(30)31-19-32-25(23)36;1-8-5-9(2)12(10(6-8)19-13(17)18)14(3,4)7-11(15)16/h23-24,28-29,34H,13-22,25-27,30H2,1-12H3,(H2,50,51,57)(H,46,47,49,54);19-20,22H,8-18,21H2,1-7H3,(H2,30,31,32)(H2,34,35,39);5-6H,7H2,1-4H3,(H,15,16)(H,17,18)/t34-;22-;/m11./s1. The molecule has 35 heteroatoms. The van der Waals surface area contributed by atoms with E-state index in [-0.39, 0.29) is 94.0 Å². The van der Waals surface area contributed by atoms with E-state index in [9.17, 15) is 47.5 Å². The van der Waals surface area contributed by atoms with Crippen molar-refractivity contribution in [2.24, 2.45) is 0 Å². The highest BCUT2D eigenvalue weighted by atomic mass is 31.2. The number of fused-ring (bicyclic) bond motifs is 2. The number of amides is 1. The van der Waals surface area contributed by atoms with Gasteiger partial charge in [0.05, 0.1) is 70.8 Å². The van der Waals surface area contributed by atoms with Gasteiger partial charge in [0.2, 0.25) is 20.8 Å². The summed E-state index contributed by atoms with van der Waals surface area (Å²) in [6.45, 7) is 43.1. The number of ether oxygens (including phenoxy) is 7. The van der Waals surface area contributed by atoms with Gasteiger partial charge in [-0.25, -0.2) is 55.0 Å². The van der Waals surface area contributed by atoms with Gasteiger partial charge in [0.25, 0.3) is 0 Å². The number of esters is 4. The Labute approximate surface area is 727 Å². The van der Waals surface area contributed by atoms with E-state index >= 15 is 0 Å². The van der Waals surface area contributed by atoms with Crippen LogP contribution in [-0.2, 0) is 101 Å². The van der Waals surface area contributed by atoms with Gasteiger partial charge in [-0.3, -0.25) is 42.7 Å². The van der Waals surface area contributed by atoms with E-state index in [4.69, 9.17) is 49.1 Å². The predicted molar refractivity (Wildman–Crippen MR) is 477 cm³/mol. The molecule has 33 nitrogen and oxygen atoms in total. The number of imidazole rings is 2. The van der Waals surface area contributed by atoms with Crippen molar-refractivity contribution in [2.45, 2.75) is 340 Å². The summed E-state index contributed by atoms with van der Waals surface area (Å²) in [6.07, 6.45) is 18.2. The molecule has 1 amide bonds. The van der Waals surface area contributed by atoms with Gasteiger partial charge in [-0.2, -0.15) is 0 Å². The number of carboxylic acids is 1. The minimum atomic E-state index is -3.88. The number of aromatic nitrogens is 8. The quantitative estimate of drug-likeness (QED) is 0.00578. The number of nitrogens with two attached hydrogens (primary N) is 1. The van der Waals surface area contributed by atoms with E-state index in [1.54, 1.807) is 111 Å². The van der Waals surface area contributed by atoms with Crippen LogP contribution in [0.15, 0.2) is 49.6 Å². The molecule has 0 radical (unpaired) electrons. The topological polar surface area (TPSA) is 449 Å². The molecule has 688 valence electrons. The van der Waals surface area contributed by atoms with E-state index < -0.39 is 96.1 Å². The molecule has 0 aliphatic carbocycles. The zero-order valence-corrected chi connectivity index (χ0v) is 79.0. The number of anilines is 2. The molecule has 123 heavy (non-hydrogen) atoms. The third kappa shape index (κ3) is 35.3. The number of Topliss-reactive ketones (excluding diaryl/α,β-unsaturated/α-hetero) is 1. The molecule has 0 aliphatic heterocycles. The van der Waals surface area contributed by atoms with Crippen molar-refractivity contribution >= 4 is 96.5 Å². The van der Waals surface area contributed by atoms with E-state index in [1.165, 1.54) is 12.7 Å². The van der Waals surface area contributed by atoms with Gasteiger partial charge >= 0.3 is 36.0 Å². The van der Waals surface area contributed by atoms with Gasteiger partial charge in [0.15, 0.2) is 28.4 Å². The molecule has 0 saturated heterocycles. The largest absolute Gasteiger partial charge is 0.511 e. The Hall–Kier alpha value is -8.68. The van der Waals surface area contributed by atoms with Crippen LogP contribution >= 0.6 is 14.9 Å². The number of aryl methyl sites for hydroxylation is 4. The van der Waals surface area contributed by atoms with Crippen LogP contribution < -0.4 is 36.1 Å². The summed E-state index contributed by atoms with van der Waals surface area (Å²) in [6, 6.07) is 7.58. The number of nitrogen functional groups attached to an aromatic ring is 1. The molecule has 0 saturated carbocycles. The molecule has 0 unspecified atom stereocenters. The van der Waals surface area contributed by atoms with Gasteiger partial charge in [0.1, 0.15) is 64.6 Å². The molecule has 2 aromatic carbocycles. The van der Waals surface area contributed by atoms with Crippen molar-refractivity contribution in [2.75, 3.05) is 50.2 Å². The normalized spacial score (nSPS) is 12.8. The second kappa shape index (κ2) is 49.3. The smallest absolute Gasteiger partial charge is 0.481 e.